The number of hydrogen-bond donors (Lipinski definition) is 0. The summed E-state index contributed by atoms with van der Waals surface area (Å²) in [5.41, 5.74) is 0. The van der Waals surface area contributed by atoms with E-state index in [1.807, 2.05) is 0 Å². The highest BCUT2D eigenvalue weighted by Gasteiger charge is 2.60. The molecule has 1 saturated heterocycles. The molecule has 3 aliphatic rings. The van der Waals surface area contributed by atoms with Crippen LogP contribution >= 0.6 is 0 Å². The Morgan fingerprint density at radius 1 is 1.31 bits per heavy atom. The smallest absolute Gasteiger partial charge is 0.315 e. The number of cyclic esters (lactones) is 1. The molecule has 1 aliphatic heterocycles. The summed E-state index contributed by atoms with van der Waals surface area (Å²) in [6.07, 6.45) is 2.48. The van der Waals surface area contributed by atoms with Crippen molar-refractivity contribution in [2.24, 2.45) is 29.6 Å². The summed E-state index contributed by atoms with van der Waals surface area (Å²) in [5, 5.41) is 0. The van der Waals surface area contributed by atoms with E-state index < -0.39 is 0 Å². The Kier molecular flexibility index (Phi) is 1.27. The lowest BCUT2D eigenvalue weighted by atomic mass is 9.80. The van der Waals surface area contributed by atoms with Gasteiger partial charge in [0.25, 0.3) is 0 Å². The first-order chi connectivity index (χ1) is 6.20. The Hall–Kier alpha value is -0.790. The van der Waals surface area contributed by atoms with Gasteiger partial charge in [-0.05, 0) is 30.6 Å². The zero-order valence-electron chi connectivity index (χ0n) is 7.82. The summed E-state index contributed by atoms with van der Waals surface area (Å²) < 4.78 is 5.12. The monoisotopic (exact) mass is 178 g/mol. The number of carbonyl (C=O) groups excluding carboxylic acids is 1. The molecule has 0 radical (unpaired) electrons. The van der Waals surface area contributed by atoms with E-state index >= 15 is 0 Å². The Morgan fingerprint density at radius 2 is 1.92 bits per heavy atom. The van der Waals surface area contributed by atoms with Crippen molar-refractivity contribution in [3.8, 4) is 0 Å². The van der Waals surface area contributed by atoms with Gasteiger partial charge in [0.05, 0.1) is 5.92 Å². The fourth-order valence-corrected chi connectivity index (χ4v) is 3.80. The molecule has 0 spiro atoms. The van der Waals surface area contributed by atoms with Crippen molar-refractivity contribution in [3.05, 3.63) is 12.3 Å². The molecular formula is C11H14O2. The van der Waals surface area contributed by atoms with E-state index in [4.69, 9.17) is 4.74 Å². The molecule has 0 aromatic heterocycles. The SMILES string of the molecule is C=C1OC(=O)C2C3CCC(C3C)C12. The van der Waals surface area contributed by atoms with Crippen LogP contribution in [0.1, 0.15) is 19.8 Å². The minimum atomic E-state index is -0.00551. The molecule has 0 aromatic rings. The first-order valence-electron chi connectivity index (χ1n) is 5.10. The Morgan fingerprint density at radius 3 is 2.54 bits per heavy atom. The quantitative estimate of drug-likeness (QED) is 0.530. The average Bonchev–Trinajstić information content (AvgIpc) is 2.67. The molecule has 2 nitrogen and oxygen atoms in total. The first kappa shape index (κ1) is 7.60. The molecule has 0 aromatic carbocycles. The van der Waals surface area contributed by atoms with Gasteiger partial charge in [-0.15, -0.1) is 0 Å². The van der Waals surface area contributed by atoms with Crippen molar-refractivity contribution in [1.29, 1.82) is 0 Å². The molecule has 3 fully saturated rings. The van der Waals surface area contributed by atoms with Gasteiger partial charge >= 0.3 is 5.97 Å². The van der Waals surface area contributed by atoms with Crippen molar-refractivity contribution >= 4 is 5.97 Å². The van der Waals surface area contributed by atoms with Crippen LogP contribution in [0.2, 0.25) is 0 Å². The van der Waals surface area contributed by atoms with Gasteiger partial charge < -0.3 is 4.74 Å². The van der Waals surface area contributed by atoms with Crippen LogP contribution in [-0.2, 0) is 9.53 Å². The number of hydrogen-bond acceptors (Lipinski definition) is 2. The second kappa shape index (κ2) is 2.17. The maximum absolute atomic E-state index is 11.5. The largest absolute Gasteiger partial charge is 0.431 e. The minimum Gasteiger partial charge on any atom is -0.431 e. The molecule has 3 rings (SSSR count). The van der Waals surface area contributed by atoms with Gasteiger partial charge in [-0.3, -0.25) is 4.79 Å². The summed E-state index contributed by atoms with van der Waals surface area (Å²) in [7, 11) is 0. The summed E-state index contributed by atoms with van der Waals surface area (Å²) in [4.78, 5) is 11.5. The fourth-order valence-electron chi connectivity index (χ4n) is 3.80. The van der Waals surface area contributed by atoms with Crippen LogP contribution in [-0.4, -0.2) is 5.97 Å². The number of fused-ring (bicyclic) bond motifs is 5. The molecular weight excluding hydrogens is 164 g/mol. The van der Waals surface area contributed by atoms with Gasteiger partial charge in [0.15, 0.2) is 0 Å². The molecule has 2 heteroatoms. The highest BCUT2D eigenvalue weighted by atomic mass is 16.5. The van der Waals surface area contributed by atoms with Crippen LogP contribution in [0.25, 0.3) is 0 Å². The van der Waals surface area contributed by atoms with E-state index in [1.165, 1.54) is 12.8 Å². The summed E-state index contributed by atoms with van der Waals surface area (Å²) in [6.45, 7) is 6.14. The zero-order valence-corrected chi connectivity index (χ0v) is 7.82. The van der Waals surface area contributed by atoms with E-state index in [0.29, 0.717) is 23.7 Å². The molecule has 70 valence electrons. The zero-order chi connectivity index (χ0) is 9.16. The maximum atomic E-state index is 11.5. The van der Waals surface area contributed by atoms with Crippen LogP contribution in [0.4, 0.5) is 0 Å². The van der Waals surface area contributed by atoms with Crippen LogP contribution < -0.4 is 0 Å². The van der Waals surface area contributed by atoms with E-state index in [-0.39, 0.29) is 11.9 Å². The molecule has 1 heterocycles. The molecule has 2 bridgehead atoms. The van der Waals surface area contributed by atoms with Gasteiger partial charge in [-0.1, -0.05) is 13.5 Å². The van der Waals surface area contributed by atoms with Gasteiger partial charge in [0.1, 0.15) is 5.76 Å². The molecule has 0 amide bonds. The topological polar surface area (TPSA) is 26.3 Å². The predicted molar refractivity (Wildman–Crippen MR) is 47.6 cm³/mol. The van der Waals surface area contributed by atoms with E-state index in [9.17, 15) is 4.79 Å². The van der Waals surface area contributed by atoms with E-state index in [0.717, 1.165) is 5.76 Å². The third-order valence-corrected chi connectivity index (χ3v) is 4.37. The van der Waals surface area contributed by atoms with Crippen molar-refractivity contribution in [2.45, 2.75) is 19.8 Å². The lowest BCUT2D eigenvalue weighted by molar-refractivity contribution is -0.140. The second-order valence-corrected chi connectivity index (χ2v) is 4.70. The Balaban J connectivity index is 2.04. The molecule has 2 aliphatic carbocycles. The van der Waals surface area contributed by atoms with Gasteiger partial charge in [-0.25, -0.2) is 0 Å². The fraction of sp³-hybridized carbons (Fsp3) is 0.727. The highest BCUT2D eigenvalue weighted by Crippen LogP contribution is 2.60. The first-order valence-corrected chi connectivity index (χ1v) is 5.10. The van der Waals surface area contributed by atoms with Gasteiger partial charge in [0, 0.05) is 5.92 Å². The van der Waals surface area contributed by atoms with Crippen LogP contribution in [0.3, 0.4) is 0 Å². The number of ether oxygens (including phenoxy) is 1. The second-order valence-electron chi connectivity index (χ2n) is 4.70. The summed E-state index contributed by atoms with van der Waals surface area (Å²) in [6, 6.07) is 0. The summed E-state index contributed by atoms with van der Waals surface area (Å²) >= 11 is 0. The maximum Gasteiger partial charge on any atom is 0.315 e. The highest BCUT2D eigenvalue weighted by molar-refractivity contribution is 5.78. The standard InChI is InChI=1S/C11H14O2/c1-5-7-3-4-8(5)10-9(7)6(2)13-11(10)12/h5,7-10H,2-4H2,1H3. The van der Waals surface area contributed by atoms with Crippen molar-refractivity contribution < 1.29 is 9.53 Å². The van der Waals surface area contributed by atoms with Crippen LogP contribution in [0, 0.1) is 29.6 Å². The van der Waals surface area contributed by atoms with Crippen LogP contribution in [0.15, 0.2) is 12.3 Å². The Labute approximate surface area is 78.0 Å². The molecule has 13 heavy (non-hydrogen) atoms. The summed E-state index contributed by atoms with van der Waals surface area (Å²) in [5.74, 6) is 3.24. The number of allylic oxidation sites excluding steroid dienone is 1. The predicted octanol–water partition coefficient (Wildman–Crippen LogP) is 1.97. The van der Waals surface area contributed by atoms with Gasteiger partial charge in [0.2, 0.25) is 0 Å². The normalized spacial score (nSPS) is 52.5. The van der Waals surface area contributed by atoms with E-state index in [2.05, 4.69) is 13.5 Å². The third-order valence-electron chi connectivity index (χ3n) is 4.37. The number of esters is 1. The van der Waals surface area contributed by atoms with E-state index in [1.54, 1.807) is 0 Å². The molecule has 0 N–H and O–H groups in total. The average molecular weight is 178 g/mol. The minimum absolute atomic E-state index is 0.00551. The number of carbonyl (C=O) groups is 1. The van der Waals surface area contributed by atoms with Crippen molar-refractivity contribution in [2.75, 3.05) is 0 Å². The van der Waals surface area contributed by atoms with Crippen LogP contribution in [0.5, 0.6) is 0 Å². The van der Waals surface area contributed by atoms with Gasteiger partial charge in [-0.2, -0.15) is 0 Å². The Bertz CT molecular complexity index is 266. The molecule has 2 saturated carbocycles. The number of rotatable bonds is 0. The molecule has 5 atom stereocenters. The molecule has 5 unspecified atom stereocenters. The lowest BCUT2D eigenvalue weighted by Gasteiger charge is -2.19. The van der Waals surface area contributed by atoms with Crippen molar-refractivity contribution in [1.82, 2.24) is 0 Å². The lowest BCUT2D eigenvalue weighted by Crippen LogP contribution is -2.22. The van der Waals surface area contributed by atoms with Crippen molar-refractivity contribution in [3.63, 3.8) is 0 Å². The third kappa shape index (κ3) is 0.725.